The van der Waals surface area contributed by atoms with Gasteiger partial charge in [0.05, 0.1) is 5.69 Å². The fourth-order valence-electron chi connectivity index (χ4n) is 2.38. The Morgan fingerprint density at radius 1 is 1.16 bits per heavy atom. The first-order chi connectivity index (χ1) is 12.1. The maximum Gasteiger partial charge on any atom is 0.201 e. The SMILES string of the molecule is CCN(Cc1ccccc1)Cc1cccc(N/N=C(\C#N)C(=N)N)c1. The van der Waals surface area contributed by atoms with Gasteiger partial charge in [-0.2, -0.15) is 10.4 Å². The molecule has 0 unspecified atom stereocenters. The molecule has 128 valence electrons. The van der Waals surface area contributed by atoms with Crippen molar-refractivity contribution in [2.45, 2.75) is 20.0 Å². The lowest BCUT2D eigenvalue weighted by atomic mass is 10.1. The van der Waals surface area contributed by atoms with Crippen molar-refractivity contribution < 1.29 is 0 Å². The van der Waals surface area contributed by atoms with Crippen molar-refractivity contribution in [1.82, 2.24) is 4.90 Å². The maximum absolute atomic E-state index is 8.87. The van der Waals surface area contributed by atoms with Crippen molar-refractivity contribution in [2.75, 3.05) is 12.0 Å². The molecular weight excluding hydrogens is 312 g/mol. The Morgan fingerprint density at radius 3 is 2.48 bits per heavy atom. The molecule has 6 nitrogen and oxygen atoms in total. The monoisotopic (exact) mass is 334 g/mol. The zero-order valence-electron chi connectivity index (χ0n) is 14.2. The number of hydrogen-bond donors (Lipinski definition) is 3. The molecule has 0 aliphatic heterocycles. The molecule has 0 aliphatic carbocycles. The van der Waals surface area contributed by atoms with Crippen LogP contribution in [0.2, 0.25) is 0 Å². The van der Waals surface area contributed by atoms with Crippen LogP contribution < -0.4 is 11.2 Å². The van der Waals surface area contributed by atoms with E-state index < -0.39 is 0 Å². The van der Waals surface area contributed by atoms with Gasteiger partial charge >= 0.3 is 0 Å². The highest BCUT2D eigenvalue weighted by atomic mass is 15.3. The summed E-state index contributed by atoms with van der Waals surface area (Å²) in [5, 5.41) is 20.0. The Morgan fingerprint density at radius 2 is 1.84 bits per heavy atom. The van der Waals surface area contributed by atoms with E-state index in [1.54, 1.807) is 6.07 Å². The first-order valence-electron chi connectivity index (χ1n) is 8.05. The smallest absolute Gasteiger partial charge is 0.201 e. The molecule has 0 radical (unpaired) electrons. The van der Waals surface area contributed by atoms with Gasteiger partial charge in [-0.25, -0.2) is 0 Å². The van der Waals surface area contributed by atoms with Gasteiger partial charge in [-0.1, -0.05) is 49.4 Å². The molecule has 6 heteroatoms. The van der Waals surface area contributed by atoms with Crippen LogP contribution in [-0.2, 0) is 13.1 Å². The minimum absolute atomic E-state index is 0.135. The molecule has 4 N–H and O–H groups in total. The minimum Gasteiger partial charge on any atom is -0.382 e. The van der Waals surface area contributed by atoms with E-state index in [1.165, 1.54) is 5.56 Å². The number of nitrogens with two attached hydrogens (primary N) is 1. The minimum atomic E-state index is -0.355. The van der Waals surface area contributed by atoms with Crippen molar-refractivity contribution in [3.05, 3.63) is 65.7 Å². The number of anilines is 1. The normalized spacial score (nSPS) is 11.2. The molecular formula is C19H22N6. The van der Waals surface area contributed by atoms with Crippen molar-refractivity contribution in [1.29, 1.82) is 10.7 Å². The maximum atomic E-state index is 8.87. The summed E-state index contributed by atoms with van der Waals surface area (Å²) >= 11 is 0. The summed E-state index contributed by atoms with van der Waals surface area (Å²) in [5.74, 6) is -0.355. The average Bonchev–Trinajstić information content (AvgIpc) is 2.62. The van der Waals surface area contributed by atoms with Gasteiger partial charge < -0.3 is 5.73 Å². The van der Waals surface area contributed by atoms with Crippen molar-refractivity contribution >= 4 is 17.2 Å². The summed E-state index contributed by atoms with van der Waals surface area (Å²) in [6.07, 6.45) is 0. The Kier molecular flexibility index (Phi) is 6.69. The number of nitrogens with zero attached hydrogens (tertiary/aromatic N) is 3. The van der Waals surface area contributed by atoms with E-state index in [4.69, 9.17) is 16.4 Å². The largest absolute Gasteiger partial charge is 0.382 e. The predicted octanol–water partition coefficient (Wildman–Crippen LogP) is 2.94. The molecule has 2 rings (SSSR count). The van der Waals surface area contributed by atoms with Gasteiger partial charge in [0.15, 0.2) is 5.84 Å². The van der Waals surface area contributed by atoms with Crippen LogP contribution in [0.15, 0.2) is 59.7 Å². The Hall–Kier alpha value is -3.17. The van der Waals surface area contributed by atoms with Crippen LogP contribution >= 0.6 is 0 Å². The van der Waals surface area contributed by atoms with Crippen molar-refractivity contribution in [3.8, 4) is 6.07 Å². The molecule has 0 amide bonds. The number of hydrogen-bond acceptors (Lipinski definition) is 5. The molecule has 2 aromatic rings. The zero-order valence-corrected chi connectivity index (χ0v) is 14.2. The summed E-state index contributed by atoms with van der Waals surface area (Å²) in [6.45, 7) is 4.77. The van der Waals surface area contributed by atoms with E-state index in [1.807, 2.05) is 36.4 Å². The molecule has 0 aromatic heterocycles. The molecule has 0 saturated carbocycles. The fraction of sp³-hybridized carbons (Fsp3) is 0.211. The van der Waals surface area contributed by atoms with E-state index in [9.17, 15) is 0 Å². The fourth-order valence-corrected chi connectivity index (χ4v) is 2.38. The first kappa shape index (κ1) is 18.2. The summed E-state index contributed by atoms with van der Waals surface area (Å²) < 4.78 is 0. The molecule has 2 aromatic carbocycles. The number of nitriles is 1. The third-order valence-corrected chi connectivity index (χ3v) is 3.69. The average molecular weight is 334 g/mol. The lowest BCUT2D eigenvalue weighted by molar-refractivity contribution is 0.271. The highest BCUT2D eigenvalue weighted by Gasteiger charge is 2.06. The summed E-state index contributed by atoms with van der Waals surface area (Å²) in [4.78, 5) is 2.34. The number of amidine groups is 1. The van der Waals surface area contributed by atoms with Gasteiger partial charge in [-0.15, -0.1) is 0 Å². The molecule has 0 saturated heterocycles. The molecule has 0 heterocycles. The zero-order chi connectivity index (χ0) is 18.1. The second-order valence-corrected chi connectivity index (χ2v) is 5.59. The van der Waals surface area contributed by atoms with E-state index in [0.29, 0.717) is 0 Å². The summed E-state index contributed by atoms with van der Waals surface area (Å²) in [6, 6.07) is 20.0. The van der Waals surface area contributed by atoms with Gasteiger partial charge in [0.1, 0.15) is 6.07 Å². The van der Waals surface area contributed by atoms with Gasteiger partial charge in [0.25, 0.3) is 0 Å². The summed E-state index contributed by atoms with van der Waals surface area (Å²) in [5.41, 5.74) is 11.1. The molecule has 0 fully saturated rings. The van der Waals surface area contributed by atoms with Crippen molar-refractivity contribution in [2.24, 2.45) is 10.8 Å². The Balaban J connectivity index is 2.05. The van der Waals surface area contributed by atoms with Crippen LogP contribution in [0, 0.1) is 16.7 Å². The Bertz CT molecular complexity index is 776. The number of benzene rings is 2. The Labute approximate surface area is 148 Å². The topological polar surface area (TPSA) is 101 Å². The standard InChI is InChI=1S/C19H22N6/c1-2-25(13-15-7-4-3-5-8-15)14-16-9-6-10-17(11-16)23-24-18(12-20)19(21)22/h3-11,23H,2,13-14H2,1H3,(H3,21,22)/b24-18+. The lowest BCUT2D eigenvalue weighted by Gasteiger charge is -2.21. The van der Waals surface area contributed by atoms with E-state index >= 15 is 0 Å². The van der Waals surface area contributed by atoms with Crippen LogP contribution in [0.5, 0.6) is 0 Å². The quantitative estimate of drug-likeness (QED) is 0.392. The van der Waals surface area contributed by atoms with Gasteiger partial charge in [0, 0.05) is 13.1 Å². The van der Waals surface area contributed by atoms with Crippen LogP contribution in [0.1, 0.15) is 18.1 Å². The lowest BCUT2D eigenvalue weighted by Crippen LogP contribution is -2.22. The van der Waals surface area contributed by atoms with Crippen LogP contribution in [-0.4, -0.2) is 23.0 Å². The van der Waals surface area contributed by atoms with Crippen LogP contribution in [0.25, 0.3) is 0 Å². The second-order valence-electron chi connectivity index (χ2n) is 5.59. The third kappa shape index (κ3) is 5.75. The van der Waals surface area contributed by atoms with E-state index in [0.717, 1.165) is 30.9 Å². The van der Waals surface area contributed by atoms with Crippen molar-refractivity contribution in [3.63, 3.8) is 0 Å². The summed E-state index contributed by atoms with van der Waals surface area (Å²) in [7, 11) is 0. The van der Waals surface area contributed by atoms with E-state index in [-0.39, 0.29) is 11.5 Å². The highest BCUT2D eigenvalue weighted by Crippen LogP contribution is 2.14. The molecule has 0 aliphatic rings. The number of hydrazone groups is 1. The molecule has 0 bridgehead atoms. The van der Waals surface area contributed by atoms with Gasteiger partial charge in [-0.3, -0.25) is 15.7 Å². The van der Waals surface area contributed by atoms with Crippen LogP contribution in [0.3, 0.4) is 0 Å². The highest BCUT2D eigenvalue weighted by molar-refractivity contribution is 6.45. The van der Waals surface area contributed by atoms with Gasteiger partial charge in [0.2, 0.25) is 5.71 Å². The number of nitrogens with one attached hydrogen (secondary N) is 2. The van der Waals surface area contributed by atoms with Gasteiger partial charge in [-0.05, 0) is 29.8 Å². The predicted molar refractivity (Wildman–Crippen MR) is 101 cm³/mol. The molecule has 0 atom stereocenters. The first-order valence-corrected chi connectivity index (χ1v) is 8.05. The second kappa shape index (κ2) is 9.21. The van der Waals surface area contributed by atoms with Crippen LogP contribution in [0.4, 0.5) is 5.69 Å². The molecule has 0 spiro atoms. The molecule has 25 heavy (non-hydrogen) atoms. The third-order valence-electron chi connectivity index (χ3n) is 3.69. The number of rotatable bonds is 8. The van der Waals surface area contributed by atoms with E-state index in [2.05, 4.69) is 40.5 Å².